The lowest BCUT2D eigenvalue weighted by Gasteiger charge is -2.24. The third kappa shape index (κ3) is 3.33. The molecule has 0 N–H and O–H groups in total. The third-order valence-corrected chi connectivity index (χ3v) is 5.34. The number of hydrogen-bond donors (Lipinski definition) is 0. The zero-order valence-corrected chi connectivity index (χ0v) is 14.6. The van der Waals surface area contributed by atoms with Crippen molar-refractivity contribution in [1.29, 1.82) is 0 Å². The van der Waals surface area contributed by atoms with Gasteiger partial charge in [-0.15, -0.1) is 11.8 Å². The largest absolute Gasteiger partial charge is 0.494 e. The number of anilines is 1. The molecule has 5 heteroatoms. The zero-order valence-electron chi connectivity index (χ0n) is 13.0. The predicted octanol–water partition coefficient (Wildman–Crippen LogP) is 4.91. The molecule has 1 saturated heterocycles. The van der Waals surface area contributed by atoms with Crippen LogP contribution >= 0.6 is 23.4 Å². The van der Waals surface area contributed by atoms with Gasteiger partial charge in [0.2, 0.25) is 5.91 Å². The van der Waals surface area contributed by atoms with Crippen LogP contribution in [-0.4, -0.2) is 17.8 Å². The average Bonchev–Trinajstić information content (AvgIpc) is 2.85. The summed E-state index contributed by atoms with van der Waals surface area (Å²) in [5.74, 6) is 0.966. The molecular formula is C18H18ClNO2S. The van der Waals surface area contributed by atoms with Gasteiger partial charge in [-0.05, 0) is 55.8 Å². The quantitative estimate of drug-likeness (QED) is 0.787. The third-order valence-electron chi connectivity index (χ3n) is 3.73. The Morgan fingerprint density at radius 2 is 1.78 bits per heavy atom. The molecule has 0 saturated carbocycles. The predicted molar refractivity (Wildman–Crippen MR) is 96.3 cm³/mol. The summed E-state index contributed by atoms with van der Waals surface area (Å²) >= 11 is 7.62. The topological polar surface area (TPSA) is 29.5 Å². The van der Waals surface area contributed by atoms with E-state index < -0.39 is 0 Å². The Bertz CT molecular complexity index is 687. The van der Waals surface area contributed by atoms with Crippen molar-refractivity contribution in [1.82, 2.24) is 0 Å². The fourth-order valence-electron chi connectivity index (χ4n) is 2.61. The minimum atomic E-state index is -0.0674. The lowest BCUT2D eigenvalue weighted by Crippen LogP contribution is -2.30. The van der Waals surface area contributed by atoms with Crippen molar-refractivity contribution in [2.24, 2.45) is 0 Å². The summed E-state index contributed by atoms with van der Waals surface area (Å²) in [6.07, 6.45) is 0. The van der Waals surface area contributed by atoms with Crippen molar-refractivity contribution in [3.63, 3.8) is 0 Å². The number of amides is 1. The van der Waals surface area contributed by atoms with Crippen LogP contribution in [0.1, 0.15) is 24.8 Å². The first-order valence-corrected chi connectivity index (χ1v) is 8.89. The highest BCUT2D eigenvalue weighted by Gasteiger charge is 2.39. The number of halogens is 1. The molecule has 1 amide bonds. The highest BCUT2D eigenvalue weighted by atomic mass is 35.5. The van der Waals surface area contributed by atoms with Crippen molar-refractivity contribution >= 4 is 35.0 Å². The second-order valence-corrected chi connectivity index (χ2v) is 7.18. The molecule has 120 valence electrons. The Hall–Kier alpha value is -1.65. The molecule has 2 atom stereocenters. The van der Waals surface area contributed by atoms with Gasteiger partial charge in [-0.3, -0.25) is 9.69 Å². The summed E-state index contributed by atoms with van der Waals surface area (Å²) in [7, 11) is 0. The van der Waals surface area contributed by atoms with Gasteiger partial charge in [-0.1, -0.05) is 23.7 Å². The molecule has 1 aliphatic heterocycles. The smallest absolute Gasteiger partial charge is 0.241 e. The van der Waals surface area contributed by atoms with Gasteiger partial charge in [0.1, 0.15) is 11.1 Å². The highest BCUT2D eigenvalue weighted by molar-refractivity contribution is 8.01. The summed E-state index contributed by atoms with van der Waals surface area (Å²) in [4.78, 5) is 14.4. The Morgan fingerprint density at radius 1 is 1.13 bits per heavy atom. The Balaban J connectivity index is 1.92. The van der Waals surface area contributed by atoms with E-state index in [-0.39, 0.29) is 16.5 Å². The van der Waals surface area contributed by atoms with Crippen LogP contribution in [0.25, 0.3) is 0 Å². The second-order valence-electron chi connectivity index (χ2n) is 5.32. The van der Waals surface area contributed by atoms with Crippen LogP contribution in [-0.2, 0) is 4.79 Å². The van der Waals surface area contributed by atoms with E-state index in [1.807, 2.05) is 67.3 Å². The van der Waals surface area contributed by atoms with Gasteiger partial charge in [-0.2, -0.15) is 0 Å². The van der Waals surface area contributed by atoms with Gasteiger partial charge in [0.15, 0.2) is 0 Å². The summed E-state index contributed by atoms with van der Waals surface area (Å²) in [6.45, 7) is 4.55. The molecule has 0 spiro atoms. The molecule has 1 heterocycles. The maximum absolute atomic E-state index is 12.6. The van der Waals surface area contributed by atoms with Crippen LogP contribution in [0.3, 0.4) is 0 Å². The van der Waals surface area contributed by atoms with E-state index >= 15 is 0 Å². The lowest BCUT2D eigenvalue weighted by atomic mass is 10.1. The number of carbonyl (C=O) groups excluding carboxylic acids is 1. The lowest BCUT2D eigenvalue weighted by molar-refractivity contribution is -0.117. The van der Waals surface area contributed by atoms with Crippen molar-refractivity contribution in [2.75, 3.05) is 11.5 Å². The van der Waals surface area contributed by atoms with Crippen LogP contribution in [0, 0.1) is 0 Å². The Kier molecular flexibility index (Phi) is 4.83. The minimum Gasteiger partial charge on any atom is -0.494 e. The van der Waals surface area contributed by atoms with Gasteiger partial charge in [-0.25, -0.2) is 0 Å². The summed E-state index contributed by atoms with van der Waals surface area (Å²) < 4.78 is 5.49. The van der Waals surface area contributed by atoms with Crippen LogP contribution in [0.15, 0.2) is 48.5 Å². The molecule has 0 aliphatic carbocycles. The first-order chi connectivity index (χ1) is 11.1. The first kappa shape index (κ1) is 16.2. The molecule has 0 aromatic heterocycles. The van der Waals surface area contributed by atoms with Crippen molar-refractivity contribution in [2.45, 2.75) is 24.5 Å². The van der Waals surface area contributed by atoms with E-state index in [1.165, 1.54) is 0 Å². The van der Waals surface area contributed by atoms with E-state index in [9.17, 15) is 4.79 Å². The van der Waals surface area contributed by atoms with Crippen LogP contribution in [0.5, 0.6) is 5.75 Å². The summed E-state index contributed by atoms with van der Waals surface area (Å²) in [5, 5.41) is 0.565. The summed E-state index contributed by atoms with van der Waals surface area (Å²) in [5.41, 5.74) is 1.96. The fourth-order valence-corrected chi connectivity index (χ4v) is 4.02. The van der Waals surface area contributed by atoms with Crippen LogP contribution in [0.4, 0.5) is 5.69 Å². The Morgan fingerprint density at radius 3 is 2.39 bits per heavy atom. The molecule has 1 aliphatic rings. The molecule has 3 rings (SSSR count). The van der Waals surface area contributed by atoms with Gasteiger partial charge < -0.3 is 4.74 Å². The molecule has 2 aromatic rings. The molecule has 0 unspecified atom stereocenters. The number of nitrogens with zero attached hydrogens (tertiary/aromatic N) is 1. The molecular weight excluding hydrogens is 330 g/mol. The van der Waals surface area contributed by atoms with Gasteiger partial charge in [0.25, 0.3) is 0 Å². The molecule has 0 bridgehead atoms. The average molecular weight is 348 g/mol. The maximum Gasteiger partial charge on any atom is 0.241 e. The minimum absolute atomic E-state index is 0.0330. The summed E-state index contributed by atoms with van der Waals surface area (Å²) in [6, 6.07) is 15.4. The van der Waals surface area contributed by atoms with E-state index in [2.05, 4.69) is 0 Å². The monoisotopic (exact) mass is 347 g/mol. The van der Waals surface area contributed by atoms with Crippen molar-refractivity contribution < 1.29 is 9.53 Å². The van der Waals surface area contributed by atoms with Gasteiger partial charge in [0, 0.05) is 10.7 Å². The van der Waals surface area contributed by atoms with Crippen molar-refractivity contribution in [3.05, 3.63) is 59.1 Å². The second kappa shape index (κ2) is 6.85. The van der Waals surface area contributed by atoms with E-state index in [0.29, 0.717) is 11.6 Å². The molecule has 0 radical (unpaired) electrons. The van der Waals surface area contributed by atoms with Crippen LogP contribution in [0.2, 0.25) is 5.02 Å². The fraction of sp³-hybridized carbons (Fsp3) is 0.278. The van der Waals surface area contributed by atoms with E-state index in [4.69, 9.17) is 16.3 Å². The number of carbonyl (C=O) groups is 1. The van der Waals surface area contributed by atoms with E-state index in [1.54, 1.807) is 11.8 Å². The number of hydrogen-bond acceptors (Lipinski definition) is 3. The van der Waals surface area contributed by atoms with E-state index in [0.717, 1.165) is 17.0 Å². The molecule has 23 heavy (non-hydrogen) atoms. The van der Waals surface area contributed by atoms with Crippen molar-refractivity contribution in [3.8, 4) is 5.75 Å². The number of rotatable bonds is 4. The molecule has 3 nitrogen and oxygen atoms in total. The number of benzene rings is 2. The van der Waals surface area contributed by atoms with Crippen LogP contribution < -0.4 is 9.64 Å². The highest BCUT2D eigenvalue weighted by Crippen LogP contribution is 2.45. The number of ether oxygens (including phenoxy) is 1. The molecule has 1 fully saturated rings. The van der Waals surface area contributed by atoms with Gasteiger partial charge >= 0.3 is 0 Å². The standard InChI is InChI=1S/C18H18ClNO2S/c1-3-22-16-10-4-13(5-11-16)18-20(17(21)12(2)23-18)15-8-6-14(19)7-9-15/h4-12,18H,3H2,1-2H3/t12-,18+/m0/s1. The first-order valence-electron chi connectivity index (χ1n) is 7.57. The normalized spacial score (nSPS) is 20.8. The Labute approximate surface area is 145 Å². The number of thioether (sulfide) groups is 1. The zero-order chi connectivity index (χ0) is 16.4. The maximum atomic E-state index is 12.6. The SMILES string of the molecule is CCOc1ccc([C@H]2S[C@@H](C)C(=O)N2c2ccc(Cl)cc2)cc1. The molecule has 2 aromatic carbocycles. The van der Waals surface area contributed by atoms with Gasteiger partial charge in [0.05, 0.1) is 11.9 Å².